The molecule has 0 atom stereocenters. The van der Waals surface area contributed by atoms with Gasteiger partial charge in [-0.3, -0.25) is 4.90 Å². The molecule has 6 heteroatoms. The highest BCUT2D eigenvalue weighted by Gasteiger charge is 2.24. The van der Waals surface area contributed by atoms with E-state index in [1.165, 1.54) is 0 Å². The molecule has 1 fully saturated rings. The maximum atomic E-state index is 5.65. The van der Waals surface area contributed by atoms with Crippen LogP contribution in [0.1, 0.15) is 0 Å². The molecule has 0 spiro atoms. The summed E-state index contributed by atoms with van der Waals surface area (Å²) >= 11 is 10.9. The van der Waals surface area contributed by atoms with E-state index in [4.69, 9.17) is 17.2 Å². The van der Waals surface area contributed by atoms with Crippen LogP contribution in [0.4, 0.5) is 5.69 Å². The normalized spacial score (nSPS) is 16.4. The van der Waals surface area contributed by atoms with Gasteiger partial charge >= 0.3 is 0 Å². The first kappa shape index (κ1) is 15.3. The second-order valence-corrected chi connectivity index (χ2v) is 8.10. The standard InChI is InChI=1S/C17H14BrN3S2/c1-20-9-21(17(22)23-10-20)16-12-4-2-3-5-14(12)19-15-7-6-11(18)8-13(15)16/h2-8H,9-10H2,1H3. The Balaban J connectivity index is 2.07. The molecule has 1 saturated heterocycles. The second-order valence-electron chi connectivity index (χ2n) is 5.60. The zero-order valence-corrected chi connectivity index (χ0v) is 15.7. The molecule has 2 aromatic carbocycles. The molecule has 1 aliphatic rings. The van der Waals surface area contributed by atoms with Gasteiger partial charge in [0.2, 0.25) is 0 Å². The van der Waals surface area contributed by atoms with Crippen LogP contribution in [0.2, 0.25) is 0 Å². The van der Waals surface area contributed by atoms with Crippen molar-refractivity contribution in [2.75, 3.05) is 24.5 Å². The highest BCUT2D eigenvalue weighted by Crippen LogP contribution is 2.37. The monoisotopic (exact) mass is 403 g/mol. The number of hydrogen-bond acceptors (Lipinski definition) is 4. The molecule has 116 valence electrons. The molecular formula is C17H14BrN3S2. The smallest absolute Gasteiger partial charge is 0.143 e. The fraction of sp³-hybridized carbons (Fsp3) is 0.176. The van der Waals surface area contributed by atoms with Crippen molar-refractivity contribution >= 4 is 71.7 Å². The van der Waals surface area contributed by atoms with E-state index in [-0.39, 0.29) is 0 Å². The Bertz CT molecular complexity index is 928. The predicted octanol–water partition coefficient (Wildman–Crippen LogP) is 4.84. The quantitative estimate of drug-likeness (QED) is 0.426. The van der Waals surface area contributed by atoms with Crippen LogP contribution >= 0.6 is 39.9 Å². The van der Waals surface area contributed by atoms with Crippen molar-refractivity contribution in [3.05, 3.63) is 46.9 Å². The van der Waals surface area contributed by atoms with Gasteiger partial charge in [0.25, 0.3) is 0 Å². The number of rotatable bonds is 1. The Kier molecular flexibility index (Phi) is 4.01. The molecule has 0 unspecified atom stereocenters. The molecule has 1 aliphatic heterocycles. The summed E-state index contributed by atoms with van der Waals surface area (Å²) in [6.07, 6.45) is 0. The van der Waals surface area contributed by atoms with Gasteiger partial charge in [-0.1, -0.05) is 58.1 Å². The molecule has 2 heterocycles. The number of anilines is 1. The Morgan fingerprint density at radius 2 is 1.91 bits per heavy atom. The third-order valence-corrected chi connectivity index (χ3v) is 6.00. The van der Waals surface area contributed by atoms with Crippen molar-refractivity contribution in [3.63, 3.8) is 0 Å². The van der Waals surface area contributed by atoms with E-state index in [1.54, 1.807) is 11.8 Å². The lowest BCUT2D eigenvalue weighted by Gasteiger charge is -2.35. The Labute approximate surface area is 152 Å². The Morgan fingerprint density at radius 3 is 2.78 bits per heavy atom. The molecular weight excluding hydrogens is 390 g/mol. The minimum atomic E-state index is 0.793. The minimum absolute atomic E-state index is 0.793. The molecule has 23 heavy (non-hydrogen) atoms. The molecule has 0 bridgehead atoms. The van der Waals surface area contributed by atoms with Crippen molar-refractivity contribution in [2.45, 2.75) is 0 Å². The highest BCUT2D eigenvalue weighted by molar-refractivity contribution is 9.10. The number of nitrogens with zero attached hydrogens (tertiary/aromatic N) is 3. The van der Waals surface area contributed by atoms with Gasteiger partial charge in [-0.2, -0.15) is 0 Å². The lowest BCUT2D eigenvalue weighted by Crippen LogP contribution is -2.43. The summed E-state index contributed by atoms with van der Waals surface area (Å²) in [5.41, 5.74) is 3.14. The van der Waals surface area contributed by atoms with Crippen LogP contribution < -0.4 is 4.90 Å². The van der Waals surface area contributed by atoms with Crippen LogP contribution in [-0.4, -0.2) is 33.8 Å². The number of thioether (sulfide) groups is 1. The molecule has 0 N–H and O–H groups in total. The van der Waals surface area contributed by atoms with Gasteiger partial charge in [-0.25, -0.2) is 4.98 Å². The molecule has 0 aliphatic carbocycles. The van der Waals surface area contributed by atoms with E-state index in [0.717, 1.165) is 48.8 Å². The number of aromatic nitrogens is 1. The van der Waals surface area contributed by atoms with Crippen molar-refractivity contribution in [2.24, 2.45) is 0 Å². The second kappa shape index (κ2) is 6.02. The average molecular weight is 404 g/mol. The zero-order chi connectivity index (χ0) is 16.0. The highest BCUT2D eigenvalue weighted by atomic mass is 79.9. The third-order valence-electron chi connectivity index (χ3n) is 3.90. The average Bonchev–Trinajstić information content (AvgIpc) is 2.55. The topological polar surface area (TPSA) is 19.4 Å². The molecule has 4 rings (SSSR count). The first-order chi connectivity index (χ1) is 11.1. The van der Waals surface area contributed by atoms with Crippen LogP contribution in [0.5, 0.6) is 0 Å². The van der Waals surface area contributed by atoms with E-state index >= 15 is 0 Å². The molecule has 0 saturated carbocycles. The van der Waals surface area contributed by atoms with Gasteiger partial charge in [-0.15, -0.1) is 0 Å². The maximum Gasteiger partial charge on any atom is 0.143 e. The van der Waals surface area contributed by atoms with Crippen LogP contribution in [0.25, 0.3) is 21.8 Å². The molecule has 3 nitrogen and oxygen atoms in total. The fourth-order valence-electron chi connectivity index (χ4n) is 2.88. The third kappa shape index (κ3) is 2.74. The SMILES string of the molecule is CN1CSC(=S)N(c2c3ccccc3nc3ccc(Br)cc23)C1. The van der Waals surface area contributed by atoms with Crippen molar-refractivity contribution < 1.29 is 0 Å². The summed E-state index contributed by atoms with van der Waals surface area (Å²) in [4.78, 5) is 9.30. The zero-order valence-electron chi connectivity index (χ0n) is 12.5. The summed E-state index contributed by atoms with van der Waals surface area (Å²) < 4.78 is 1.97. The largest absolute Gasteiger partial charge is 0.312 e. The molecule has 0 radical (unpaired) electrons. The van der Waals surface area contributed by atoms with E-state index in [9.17, 15) is 0 Å². The first-order valence-electron chi connectivity index (χ1n) is 7.24. The fourth-order valence-corrected chi connectivity index (χ4v) is 4.26. The summed E-state index contributed by atoms with van der Waals surface area (Å²) in [6.45, 7) is 0.793. The minimum Gasteiger partial charge on any atom is -0.312 e. The predicted molar refractivity (Wildman–Crippen MR) is 107 cm³/mol. The number of benzene rings is 2. The summed E-state index contributed by atoms with van der Waals surface area (Å²) in [5, 5.41) is 2.26. The first-order valence-corrected chi connectivity index (χ1v) is 9.43. The van der Waals surface area contributed by atoms with Crippen LogP contribution in [-0.2, 0) is 0 Å². The summed E-state index contributed by atoms with van der Waals surface area (Å²) in [7, 11) is 2.11. The van der Waals surface area contributed by atoms with Crippen molar-refractivity contribution in [1.82, 2.24) is 9.88 Å². The lowest BCUT2D eigenvalue weighted by atomic mass is 10.1. The number of para-hydroxylation sites is 1. The molecule has 0 amide bonds. The van der Waals surface area contributed by atoms with Gasteiger partial charge in [0.1, 0.15) is 4.32 Å². The number of halogens is 1. The number of hydrogen-bond donors (Lipinski definition) is 0. The summed E-state index contributed by atoms with van der Waals surface area (Å²) in [6, 6.07) is 14.5. The van der Waals surface area contributed by atoms with Crippen LogP contribution in [0.15, 0.2) is 46.9 Å². The molecule has 3 aromatic rings. The van der Waals surface area contributed by atoms with Crippen LogP contribution in [0, 0.1) is 0 Å². The maximum absolute atomic E-state index is 5.65. The van der Waals surface area contributed by atoms with Crippen molar-refractivity contribution in [3.8, 4) is 0 Å². The van der Waals surface area contributed by atoms with Crippen LogP contribution in [0.3, 0.4) is 0 Å². The summed E-state index contributed by atoms with van der Waals surface area (Å²) in [5.74, 6) is 0.931. The van der Waals surface area contributed by atoms with E-state index < -0.39 is 0 Å². The number of pyridine rings is 1. The number of fused-ring (bicyclic) bond motifs is 2. The molecule has 1 aromatic heterocycles. The van der Waals surface area contributed by atoms with Gasteiger partial charge in [0, 0.05) is 15.2 Å². The lowest BCUT2D eigenvalue weighted by molar-refractivity contribution is 0.403. The van der Waals surface area contributed by atoms with Crippen molar-refractivity contribution in [1.29, 1.82) is 0 Å². The van der Waals surface area contributed by atoms with E-state index in [1.807, 2.05) is 12.1 Å². The van der Waals surface area contributed by atoms with Gasteiger partial charge in [0.15, 0.2) is 0 Å². The van der Waals surface area contributed by atoms with E-state index in [2.05, 4.69) is 63.1 Å². The number of thiocarbonyl (C=S) groups is 1. The van der Waals surface area contributed by atoms with E-state index in [0.29, 0.717) is 0 Å². The Morgan fingerprint density at radius 1 is 1.13 bits per heavy atom. The van der Waals surface area contributed by atoms with Gasteiger partial charge in [0.05, 0.1) is 29.3 Å². The Hall–Kier alpha value is -1.21. The van der Waals surface area contributed by atoms with Gasteiger partial charge < -0.3 is 4.90 Å². The van der Waals surface area contributed by atoms with Gasteiger partial charge in [-0.05, 0) is 31.3 Å².